The Labute approximate surface area is 182 Å². The van der Waals surface area contributed by atoms with Gasteiger partial charge in [0.05, 0.1) is 11.9 Å². The third-order valence-corrected chi connectivity index (χ3v) is 5.87. The molecule has 9 nitrogen and oxygen atoms in total. The van der Waals surface area contributed by atoms with Crippen LogP contribution < -0.4 is 0 Å². The fourth-order valence-electron chi connectivity index (χ4n) is 4.25. The highest BCUT2D eigenvalue weighted by Gasteiger charge is 2.44. The molecule has 0 unspecified atom stereocenters. The maximum Gasteiger partial charge on any atom is 0.490 e. The van der Waals surface area contributed by atoms with E-state index in [2.05, 4.69) is 26.0 Å². The van der Waals surface area contributed by atoms with Crippen LogP contribution in [0, 0.1) is 0 Å². The molecule has 0 aromatic carbocycles. The Morgan fingerprint density at radius 1 is 1.16 bits per heavy atom. The topological polar surface area (TPSA) is 104 Å². The van der Waals surface area contributed by atoms with Crippen LogP contribution in [-0.4, -0.2) is 77.9 Å². The van der Waals surface area contributed by atoms with E-state index in [4.69, 9.17) is 9.90 Å². The molecule has 0 atom stereocenters. The Kier molecular flexibility index (Phi) is 7.12. The molecule has 4 heterocycles. The van der Waals surface area contributed by atoms with Gasteiger partial charge < -0.3 is 10.0 Å². The van der Waals surface area contributed by atoms with Crippen LogP contribution >= 0.6 is 0 Å². The van der Waals surface area contributed by atoms with Gasteiger partial charge in [0, 0.05) is 50.8 Å². The summed E-state index contributed by atoms with van der Waals surface area (Å²) in [5, 5.41) is 11.7. The summed E-state index contributed by atoms with van der Waals surface area (Å²) >= 11 is 0. The number of amides is 1. The first kappa shape index (κ1) is 23.6. The quantitative estimate of drug-likeness (QED) is 0.758. The largest absolute Gasteiger partial charge is 0.490 e. The maximum atomic E-state index is 12.6. The second kappa shape index (κ2) is 9.63. The van der Waals surface area contributed by atoms with Crippen molar-refractivity contribution < 1.29 is 27.9 Å². The number of halogens is 3. The van der Waals surface area contributed by atoms with E-state index in [-0.39, 0.29) is 11.4 Å². The smallest absolute Gasteiger partial charge is 0.475 e. The third-order valence-electron chi connectivity index (χ3n) is 5.87. The molecule has 2 aromatic rings. The second-order valence-corrected chi connectivity index (χ2v) is 7.92. The molecule has 2 aromatic heterocycles. The van der Waals surface area contributed by atoms with E-state index in [1.807, 2.05) is 22.8 Å². The minimum absolute atomic E-state index is 0.00257. The predicted molar refractivity (Wildman–Crippen MR) is 106 cm³/mol. The lowest BCUT2D eigenvalue weighted by Crippen LogP contribution is -2.53. The van der Waals surface area contributed by atoms with E-state index in [1.54, 1.807) is 18.6 Å². The van der Waals surface area contributed by atoms with Crippen LogP contribution in [0.25, 0.3) is 0 Å². The summed E-state index contributed by atoms with van der Waals surface area (Å²) in [7, 11) is 1.96. The molecule has 1 amide bonds. The summed E-state index contributed by atoms with van der Waals surface area (Å²) in [6.07, 6.45) is 6.12. The molecule has 0 aliphatic carbocycles. The summed E-state index contributed by atoms with van der Waals surface area (Å²) in [6, 6.07) is 2.10. The molecule has 12 heteroatoms. The van der Waals surface area contributed by atoms with Gasteiger partial charge in [-0.05, 0) is 38.3 Å². The third kappa shape index (κ3) is 5.61. The van der Waals surface area contributed by atoms with Gasteiger partial charge in [-0.2, -0.15) is 18.3 Å². The molecule has 2 fully saturated rings. The SMILES string of the molecule is Cn1ccc(CN2CCCC23CCN(C(=O)c2cnccn2)CC3)n1.O=C(O)C(F)(F)F. The van der Waals surface area contributed by atoms with Crippen LogP contribution in [0.5, 0.6) is 0 Å². The Balaban J connectivity index is 0.000000360. The molecule has 2 aliphatic heterocycles. The van der Waals surface area contributed by atoms with E-state index < -0.39 is 12.1 Å². The molecule has 32 heavy (non-hydrogen) atoms. The minimum Gasteiger partial charge on any atom is -0.475 e. The number of likely N-dealkylation sites (tertiary alicyclic amines) is 2. The first-order valence-corrected chi connectivity index (χ1v) is 10.2. The summed E-state index contributed by atoms with van der Waals surface area (Å²) < 4.78 is 33.6. The monoisotopic (exact) mass is 454 g/mol. The zero-order chi connectivity index (χ0) is 23.4. The van der Waals surface area contributed by atoms with Crippen LogP contribution in [0.15, 0.2) is 30.9 Å². The maximum absolute atomic E-state index is 12.6. The van der Waals surface area contributed by atoms with Gasteiger partial charge >= 0.3 is 12.1 Å². The minimum atomic E-state index is -5.08. The number of aromatic nitrogens is 4. The molecule has 2 aliphatic rings. The average molecular weight is 454 g/mol. The van der Waals surface area contributed by atoms with Gasteiger partial charge in [-0.25, -0.2) is 9.78 Å². The number of carboxylic acid groups (broad SMARTS) is 1. The number of carbonyl (C=O) groups excluding carboxylic acids is 1. The lowest BCUT2D eigenvalue weighted by molar-refractivity contribution is -0.192. The zero-order valence-corrected chi connectivity index (χ0v) is 17.6. The normalized spacial score (nSPS) is 18.3. The van der Waals surface area contributed by atoms with Gasteiger partial charge in [0.1, 0.15) is 5.69 Å². The molecule has 4 rings (SSSR count). The van der Waals surface area contributed by atoms with Gasteiger partial charge in [0.25, 0.3) is 5.91 Å². The molecule has 1 N–H and O–H groups in total. The van der Waals surface area contributed by atoms with Gasteiger partial charge in [-0.15, -0.1) is 0 Å². The van der Waals surface area contributed by atoms with Crippen molar-refractivity contribution in [2.45, 2.75) is 43.9 Å². The van der Waals surface area contributed by atoms with Crippen molar-refractivity contribution in [3.8, 4) is 0 Å². The van der Waals surface area contributed by atoms with Gasteiger partial charge in [-0.3, -0.25) is 19.4 Å². The number of carboxylic acids is 1. The van der Waals surface area contributed by atoms with Gasteiger partial charge in [-0.1, -0.05) is 0 Å². The Hall–Kier alpha value is -3.02. The van der Waals surface area contributed by atoms with Crippen LogP contribution in [-0.2, 0) is 18.4 Å². The van der Waals surface area contributed by atoms with Crippen LogP contribution in [0.3, 0.4) is 0 Å². The summed E-state index contributed by atoms with van der Waals surface area (Å²) in [5.41, 5.74) is 1.79. The summed E-state index contributed by atoms with van der Waals surface area (Å²) in [6.45, 7) is 3.59. The second-order valence-electron chi connectivity index (χ2n) is 7.92. The highest BCUT2D eigenvalue weighted by Crippen LogP contribution is 2.39. The zero-order valence-electron chi connectivity index (χ0n) is 17.6. The standard InChI is InChI=1S/C18H24N6O.C2HF3O2/c1-22-10-3-15(21-22)14-24-9-2-4-18(24)5-11-23(12-6-18)17(25)16-13-19-7-8-20-16;3-2(4,5)1(6)7/h3,7-8,10,13H,2,4-6,9,11-12,14H2,1H3;(H,6,7). The molecule has 0 bridgehead atoms. The number of alkyl halides is 3. The highest BCUT2D eigenvalue weighted by atomic mass is 19.4. The number of hydrogen-bond donors (Lipinski definition) is 1. The highest BCUT2D eigenvalue weighted by molar-refractivity contribution is 5.92. The summed E-state index contributed by atoms with van der Waals surface area (Å²) in [5.74, 6) is -2.76. The Bertz CT molecular complexity index is 926. The Morgan fingerprint density at radius 3 is 2.38 bits per heavy atom. The number of hydrogen-bond acceptors (Lipinski definition) is 6. The first-order valence-electron chi connectivity index (χ1n) is 10.2. The van der Waals surface area contributed by atoms with Crippen molar-refractivity contribution in [1.29, 1.82) is 0 Å². The number of aliphatic carboxylic acids is 1. The fourth-order valence-corrected chi connectivity index (χ4v) is 4.25. The lowest BCUT2D eigenvalue weighted by atomic mass is 9.84. The number of rotatable bonds is 3. The van der Waals surface area contributed by atoms with E-state index in [0.717, 1.165) is 44.7 Å². The van der Waals surface area contributed by atoms with Crippen LogP contribution in [0.2, 0.25) is 0 Å². The average Bonchev–Trinajstić information content (AvgIpc) is 3.35. The summed E-state index contributed by atoms with van der Waals surface area (Å²) in [4.78, 5) is 34.1. The number of nitrogens with zero attached hydrogens (tertiary/aromatic N) is 6. The molecular weight excluding hydrogens is 429 g/mol. The molecule has 174 valence electrons. The molecule has 2 saturated heterocycles. The van der Waals surface area contributed by atoms with Crippen molar-refractivity contribution in [3.63, 3.8) is 0 Å². The molecular formula is C20H25F3N6O3. The lowest BCUT2D eigenvalue weighted by Gasteiger charge is -2.44. The van der Waals surface area contributed by atoms with E-state index in [1.165, 1.54) is 12.8 Å². The van der Waals surface area contributed by atoms with Crippen molar-refractivity contribution in [1.82, 2.24) is 29.5 Å². The predicted octanol–water partition coefficient (Wildman–Crippen LogP) is 2.11. The van der Waals surface area contributed by atoms with Crippen molar-refractivity contribution >= 4 is 11.9 Å². The van der Waals surface area contributed by atoms with Crippen molar-refractivity contribution in [2.24, 2.45) is 7.05 Å². The van der Waals surface area contributed by atoms with E-state index >= 15 is 0 Å². The van der Waals surface area contributed by atoms with Crippen LogP contribution in [0.1, 0.15) is 41.9 Å². The van der Waals surface area contributed by atoms with Gasteiger partial charge in [0.2, 0.25) is 0 Å². The molecule has 1 spiro atoms. The van der Waals surface area contributed by atoms with E-state index in [0.29, 0.717) is 5.69 Å². The van der Waals surface area contributed by atoms with Crippen LogP contribution in [0.4, 0.5) is 13.2 Å². The van der Waals surface area contributed by atoms with Crippen molar-refractivity contribution in [2.75, 3.05) is 19.6 Å². The number of carbonyl (C=O) groups is 2. The molecule has 0 saturated carbocycles. The van der Waals surface area contributed by atoms with Crippen molar-refractivity contribution in [3.05, 3.63) is 42.2 Å². The van der Waals surface area contributed by atoms with Gasteiger partial charge in [0.15, 0.2) is 0 Å². The Morgan fingerprint density at radius 2 is 1.84 bits per heavy atom. The fraction of sp³-hybridized carbons (Fsp3) is 0.550. The molecule has 0 radical (unpaired) electrons. The first-order chi connectivity index (χ1) is 15.1. The number of aryl methyl sites for hydroxylation is 1. The van der Waals surface area contributed by atoms with E-state index in [9.17, 15) is 18.0 Å². The number of piperidine rings is 1.